The van der Waals surface area contributed by atoms with E-state index in [0.717, 1.165) is 24.3 Å². The number of amides is 1. The van der Waals surface area contributed by atoms with E-state index in [9.17, 15) is 4.79 Å². The van der Waals surface area contributed by atoms with Crippen molar-refractivity contribution in [2.45, 2.75) is 39.3 Å². The van der Waals surface area contributed by atoms with Gasteiger partial charge < -0.3 is 16.0 Å². The molecule has 4 nitrogen and oxygen atoms in total. The molecule has 0 spiro atoms. The lowest BCUT2D eigenvalue weighted by Crippen LogP contribution is -2.37. The van der Waals surface area contributed by atoms with Gasteiger partial charge in [0.1, 0.15) is 0 Å². The highest BCUT2D eigenvalue weighted by Crippen LogP contribution is 2.31. The Labute approximate surface area is 131 Å². The van der Waals surface area contributed by atoms with Crippen LogP contribution in [0.1, 0.15) is 32.3 Å². The number of hydrogen-bond acceptors (Lipinski definition) is 3. The molecule has 0 aromatic heterocycles. The Hall–Kier alpha value is -1.26. The minimum absolute atomic E-state index is 0.193. The van der Waals surface area contributed by atoms with E-state index in [1.54, 1.807) is 0 Å². The van der Waals surface area contributed by atoms with Gasteiger partial charge in [0.15, 0.2) is 0 Å². The number of rotatable bonds is 8. The van der Waals surface area contributed by atoms with Crippen molar-refractivity contribution in [1.82, 2.24) is 5.32 Å². The lowest BCUT2D eigenvalue weighted by atomic mass is 10.1. The van der Waals surface area contributed by atoms with Crippen LogP contribution in [0.2, 0.25) is 5.02 Å². The number of halogens is 1. The molecule has 0 saturated heterocycles. The predicted molar refractivity (Wildman–Crippen MR) is 87.6 cm³/mol. The summed E-state index contributed by atoms with van der Waals surface area (Å²) >= 11 is 6.40. The summed E-state index contributed by atoms with van der Waals surface area (Å²) in [6.07, 6.45) is 2.49. The molecule has 0 atom stereocenters. The van der Waals surface area contributed by atoms with Gasteiger partial charge in [-0.05, 0) is 30.4 Å². The van der Waals surface area contributed by atoms with E-state index >= 15 is 0 Å². The van der Waals surface area contributed by atoms with E-state index in [1.807, 2.05) is 17.0 Å². The highest BCUT2D eigenvalue weighted by Gasteiger charge is 2.22. The first kappa shape index (κ1) is 16.1. The van der Waals surface area contributed by atoms with E-state index in [2.05, 4.69) is 25.2 Å². The van der Waals surface area contributed by atoms with Crippen molar-refractivity contribution in [1.29, 1.82) is 0 Å². The lowest BCUT2D eigenvalue weighted by Gasteiger charge is -2.28. The van der Waals surface area contributed by atoms with E-state index in [0.29, 0.717) is 17.0 Å². The third-order valence-electron chi connectivity index (χ3n) is 3.48. The molecule has 0 aliphatic heterocycles. The first-order valence-corrected chi connectivity index (χ1v) is 7.89. The van der Waals surface area contributed by atoms with Crippen LogP contribution in [0.4, 0.5) is 5.69 Å². The number of nitrogens with zero attached hydrogens (tertiary/aromatic N) is 1. The Bertz CT molecular complexity index is 500. The Morgan fingerprint density at radius 1 is 1.48 bits per heavy atom. The minimum atomic E-state index is -0.336. The fourth-order valence-corrected chi connectivity index (χ4v) is 2.78. The topological polar surface area (TPSA) is 58.4 Å². The Morgan fingerprint density at radius 3 is 2.76 bits per heavy atom. The molecule has 0 unspecified atom stereocenters. The van der Waals surface area contributed by atoms with Crippen LogP contribution < -0.4 is 16.0 Å². The molecule has 0 radical (unpaired) electrons. The molecule has 1 aliphatic carbocycles. The SMILES string of the molecule is CC(C)CN(CC(N)=O)c1c(Cl)cccc1CNC1CC1. The monoisotopic (exact) mass is 309 g/mol. The molecule has 116 valence electrons. The maximum absolute atomic E-state index is 11.4. The number of carbonyl (C=O) groups is 1. The van der Waals surface area contributed by atoms with Crippen LogP contribution in [0.15, 0.2) is 18.2 Å². The zero-order chi connectivity index (χ0) is 15.4. The molecule has 1 saturated carbocycles. The zero-order valence-corrected chi connectivity index (χ0v) is 13.5. The Balaban J connectivity index is 2.24. The summed E-state index contributed by atoms with van der Waals surface area (Å²) in [6.45, 7) is 5.95. The van der Waals surface area contributed by atoms with Crippen LogP contribution in [0.5, 0.6) is 0 Å². The number of primary amides is 1. The standard InChI is InChI=1S/C16H24ClN3O/c1-11(2)9-20(10-15(18)21)16-12(4-3-5-14(16)17)8-19-13-6-7-13/h3-5,11,13,19H,6-10H2,1-2H3,(H2,18,21). The molecule has 5 heteroatoms. The third-order valence-corrected chi connectivity index (χ3v) is 3.78. The van der Waals surface area contributed by atoms with Crippen molar-refractivity contribution in [3.63, 3.8) is 0 Å². The molecule has 2 rings (SSSR count). The van der Waals surface area contributed by atoms with Gasteiger partial charge in [0, 0.05) is 19.1 Å². The van der Waals surface area contributed by atoms with Gasteiger partial charge >= 0.3 is 0 Å². The van der Waals surface area contributed by atoms with Crippen LogP contribution in [0, 0.1) is 5.92 Å². The summed E-state index contributed by atoms with van der Waals surface area (Å²) in [4.78, 5) is 13.4. The number of carbonyl (C=O) groups excluding carboxylic acids is 1. The normalized spacial score (nSPS) is 14.5. The van der Waals surface area contributed by atoms with Crippen molar-refractivity contribution in [3.8, 4) is 0 Å². The van der Waals surface area contributed by atoms with Crippen molar-refractivity contribution < 1.29 is 4.79 Å². The highest BCUT2D eigenvalue weighted by atomic mass is 35.5. The van der Waals surface area contributed by atoms with Crippen molar-refractivity contribution in [2.75, 3.05) is 18.0 Å². The number of nitrogens with two attached hydrogens (primary N) is 1. The summed E-state index contributed by atoms with van der Waals surface area (Å²) in [5.41, 5.74) is 7.45. The number of anilines is 1. The summed E-state index contributed by atoms with van der Waals surface area (Å²) < 4.78 is 0. The fraction of sp³-hybridized carbons (Fsp3) is 0.562. The molecular formula is C16H24ClN3O. The molecule has 1 fully saturated rings. The molecule has 1 amide bonds. The average Bonchev–Trinajstić information content (AvgIpc) is 3.18. The van der Waals surface area contributed by atoms with Gasteiger partial charge in [-0.15, -0.1) is 0 Å². The summed E-state index contributed by atoms with van der Waals surface area (Å²) in [6, 6.07) is 6.51. The van der Waals surface area contributed by atoms with Gasteiger partial charge in [0.2, 0.25) is 5.91 Å². The third kappa shape index (κ3) is 4.90. The van der Waals surface area contributed by atoms with Crippen LogP contribution in [0.3, 0.4) is 0 Å². The first-order chi connectivity index (χ1) is 9.97. The fourth-order valence-electron chi connectivity index (χ4n) is 2.46. The highest BCUT2D eigenvalue weighted by molar-refractivity contribution is 6.33. The number of hydrogen-bond donors (Lipinski definition) is 2. The van der Waals surface area contributed by atoms with Crippen LogP contribution in [-0.4, -0.2) is 25.0 Å². The lowest BCUT2D eigenvalue weighted by molar-refractivity contribution is -0.116. The van der Waals surface area contributed by atoms with E-state index in [4.69, 9.17) is 17.3 Å². The second kappa shape index (κ2) is 7.14. The average molecular weight is 310 g/mol. The van der Waals surface area contributed by atoms with Crippen molar-refractivity contribution in [2.24, 2.45) is 11.7 Å². The summed E-state index contributed by atoms with van der Waals surface area (Å²) in [7, 11) is 0. The largest absolute Gasteiger partial charge is 0.368 e. The molecule has 3 N–H and O–H groups in total. The van der Waals surface area contributed by atoms with Gasteiger partial charge in [-0.1, -0.05) is 37.6 Å². The van der Waals surface area contributed by atoms with Gasteiger partial charge in [-0.25, -0.2) is 0 Å². The predicted octanol–water partition coefficient (Wildman–Crippen LogP) is 2.54. The first-order valence-electron chi connectivity index (χ1n) is 7.51. The molecule has 1 aromatic rings. The van der Waals surface area contributed by atoms with Crippen LogP contribution in [0.25, 0.3) is 0 Å². The van der Waals surface area contributed by atoms with E-state index in [1.165, 1.54) is 12.8 Å². The molecular weight excluding hydrogens is 286 g/mol. The minimum Gasteiger partial charge on any atom is -0.368 e. The van der Waals surface area contributed by atoms with Gasteiger partial charge in [-0.3, -0.25) is 4.79 Å². The molecule has 1 aliphatic rings. The van der Waals surface area contributed by atoms with E-state index in [-0.39, 0.29) is 12.5 Å². The molecule has 0 heterocycles. The Kier molecular flexibility index (Phi) is 5.48. The van der Waals surface area contributed by atoms with Crippen molar-refractivity contribution >= 4 is 23.2 Å². The van der Waals surface area contributed by atoms with Gasteiger partial charge in [0.05, 0.1) is 17.3 Å². The van der Waals surface area contributed by atoms with Gasteiger partial charge in [-0.2, -0.15) is 0 Å². The maximum Gasteiger partial charge on any atom is 0.236 e. The smallest absolute Gasteiger partial charge is 0.236 e. The zero-order valence-electron chi connectivity index (χ0n) is 12.7. The second-order valence-electron chi connectivity index (χ2n) is 6.14. The van der Waals surface area contributed by atoms with Gasteiger partial charge in [0.25, 0.3) is 0 Å². The number of nitrogens with one attached hydrogen (secondary N) is 1. The van der Waals surface area contributed by atoms with Crippen LogP contribution in [-0.2, 0) is 11.3 Å². The molecule has 21 heavy (non-hydrogen) atoms. The summed E-state index contributed by atoms with van der Waals surface area (Å²) in [5, 5.41) is 4.17. The second-order valence-corrected chi connectivity index (χ2v) is 6.55. The quantitative estimate of drug-likeness (QED) is 0.776. The Morgan fingerprint density at radius 2 is 2.19 bits per heavy atom. The summed E-state index contributed by atoms with van der Waals surface area (Å²) in [5.74, 6) is 0.0848. The molecule has 1 aromatic carbocycles. The van der Waals surface area contributed by atoms with Crippen molar-refractivity contribution in [3.05, 3.63) is 28.8 Å². The van der Waals surface area contributed by atoms with E-state index < -0.39 is 0 Å². The molecule has 0 bridgehead atoms. The maximum atomic E-state index is 11.4. The van der Waals surface area contributed by atoms with Crippen LogP contribution >= 0.6 is 11.6 Å². The number of para-hydroxylation sites is 1. The number of benzene rings is 1.